The van der Waals surface area contributed by atoms with Crippen molar-refractivity contribution in [2.24, 2.45) is 0 Å². The molecule has 0 radical (unpaired) electrons. The number of carbonyl (C=O) groups is 3. The lowest BCUT2D eigenvalue weighted by Crippen LogP contribution is -2.44. The van der Waals surface area contributed by atoms with Crippen molar-refractivity contribution in [2.75, 3.05) is 32.9 Å². The fourth-order valence-electron chi connectivity index (χ4n) is 2.11. The molecule has 1 fully saturated rings. The van der Waals surface area contributed by atoms with Crippen LogP contribution in [0.25, 0.3) is 0 Å². The van der Waals surface area contributed by atoms with Crippen LogP contribution in [0.4, 0.5) is 4.39 Å². The number of benzene rings is 1. The van der Waals surface area contributed by atoms with E-state index < -0.39 is 17.6 Å². The summed E-state index contributed by atoms with van der Waals surface area (Å²) in [5, 5.41) is 0. The molecule has 3 amide bonds. The van der Waals surface area contributed by atoms with Crippen LogP contribution in [0, 0.1) is 5.82 Å². The minimum absolute atomic E-state index is 0.0325. The van der Waals surface area contributed by atoms with Crippen molar-refractivity contribution in [2.45, 2.75) is 12.8 Å². The van der Waals surface area contributed by atoms with Crippen molar-refractivity contribution in [3.8, 4) is 5.75 Å². The van der Waals surface area contributed by atoms with Gasteiger partial charge in [0.05, 0.1) is 13.2 Å². The highest BCUT2D eigenvalue weighted by Gasteiger charge is 2.17. The van der Waals surface area contributed by atoms with Crippen LogP contribution >= 0.6 is 0 Å². The summed E-state index contributed by atoms with van der Waals surface area (Å²) in [5.74, 6) is -1.24. The van der Waals surface area contributed by atoms with Crippen LogP contribution in [-0.4, -0.2) is 55.5 Å². The molecule has 1 aliphatic heterocycles. The molecule has 2 N–H and O–H groups in total. The van der Waals surface area contributed by atoms with Gasteiger partial charge in [0.15, 0.2) is 6.61 Å². The average molecular weight is 353 g/mol. The van der Waals surface area contributed by atoms with Crippen LogP contribution in [0.1, 0.15) is 12.8 Å². The molecule has 25 heavy (non-hydrogen) atoms. The van der Waals surface area contributed by atoms with Crippen LogP contribution in [0.2, 0.25) is 0 Å². The maximum Gasteiger partial charge on any atom is 0.276 e. The Morgan fingerprint density at radius 1 is 1.04 bits per heavy atom. The molecule has 0 spiro atoms. The summed E-state index contributed by atoms with van der Waals surface area (Å²) >= 11 is 0. The van der Waals surface area contributed by atoms with Crippen molar-refractivity contribution in [1.82, 2.24) is 15.8 Å². The van der Waals surface area contributed by atoms with E-state index >= 15 is 0 Å². The normalized spacial score (nSPS) is 13.9. The SMILES string of the molecule is O=C(CCC(=O)N1CCOCC1)NNC(=O)COc1ccc(F)cc1. The van der Waals surface area contributed by atoms with Crippen molar-refractivity contribution in [1.29, 1.82) is 0 Å². The first kappa shape index (κ1) is 18.7. The van der Waals surface area contributed by atoms with Crippen molar-refractivity contribution in [3.63, 3.8) is 0 Å². The first-order valence-corrected chi connectivity index (χ1v) is 7.86. The maximum absolute atomic E-state index is 12.7. The number of halogens is 1. The van der Waals surface area contributed by atoms with Crippen LogP contribution in [0.5, 0.6) is 5.75 Å². The molecule has 9 heteroatoms. The Morgan fingerprint density at radius 2 is 1.68 bits per heavy atom. The van der Waals surface area contributed by atoms with E-state index in [1.54, 1.807) is 4.90 Å². The van der Waals surface area contributed by atoms with Gasteiger partial charge in [-0.05, 0) is 24.3 Å². The van der Waals surface area contributed by atoms with Crippen LogP contribution < -0.4 is 15.6 Å². The second kappa shape index (κ2) is 9.58. The quantitative estimate of drug-likeness (QED) is 0.701. The second-order valence-corrected chi connectivity index (χ2v) is 5.33. The molecular formula is C16H20FN3O5. The predicted molar refractivity (Wildman–Crippen MR) is 84.8 cm³/mol. The Kier molecular flexibility index (Phi) is 7.15. The molecular weight excluding hydrogens is 333 g/mol. The molecule has 136 valence electrons. The second-order valence-electron chi connectivity index (χ2n) is 5.33. The number of morpholine rings is 1. The van der Waals surface area contributed by atoms with E-state index in [9.17, 15) is 18.8 Å². The summed E-state index contributed by atoms with van der Waals surface area (Å²) in [4.78, 5) is 36.7. The molecule has 0 bridgehead atoms. The molecule has 0 unspecified atom stereocenters. The van der Waals surface area contributed by atoms with Crippen molar-refractivity contribution >= 4 is 17.7 Å². The van der Waals surface area contributed by atoms with E-state index in [-0.39, 0.29) is 25.4 Å². The minimum atomic E-state index is -0.572. The molecule has 0 aromatic heterocycles. The summed E-state index contributed by atoms with van der Waals surface area (Å²) in [7, 11) is 0. The van der Waals surface area contributed by atoms with E-state index in [0.29, 0.717) is 32.1 Å². The van der Waals surface area contributed by atoms with Crippen molar-refractivity contribution < 1.29 is 28.2 Å². The van der Waals surface area contributed by atoms with Gasteiger partial charge in [-0.1, -0.05) is 0 Å². The van der Waals surface area contributed by atoms with E-state index in [4.69, 9.17) is 9.47 Å². The molecule has 1 saturated heterocycles. The van der Waals surface area contributed by atoms with Gasteiger partial charge in [0, 0.05) is 25.9 Å². The topological polar surface area (TPSA) is 97.0 Å². The Balaban J connectivity index is 1.59. The van der Waals surface area contributed by atoms with E-state index in [2.05, 4.69) is 10.9 Å². The van der Waals surface area contributed by atoms with Gasteiger partial charge in [-0.15, -0.1) is 0 Å². The lowest BCUT2D eigenvalue weighted by molar-refractivity contribution is -0.137. The Labute approximate surface area is 144 Å². The van der Waals surface area contributed by atoms with E-state index in [1.165, 1.54) is 24.3 Å². The molecule has 1 heterocycles. The number of rotatable bonds is 6. The molecule has 0 saturated carbocycles. The Hall–Kier alpha value is -2.68. The zero-order valence-electron chi connectivity index (χ0n) is 13.6. The van der Waals surface area contributed by atoms with E-state index in [1.807, 2.05) is 0 Å². The number of hydrazine groups is 1. The molecule has 1 aliphatic rings. The number of carbonyl (C=O) groups excluding carboxylic acids is 3. The monoisotopic (exact) mass is 353 g/mol. The van der Waals surface area contributed by atoms with Crippen molar-refractivity contribution in [3.05, 3.63) is 30.1 Å². The average Bonchev–Trinajstić information content (AvgIpc) is 2.64. The van der Waals surface area contributed by atoms with Crippen LogP contribution in [0.3, 0.4) is 0 Å². The fourth-order valence-corrected chi connectivity index (χ4v) is 2.11. The van der Waals surface area contributed by atoms with Gasteiger partial charge in [-0.3, -0.25) is 25.2 Å². The molecule has 0 atom stereocenters. The molecule has 8 nitrogen and oxygen atoms in total. The first-order valence-electron chi connectivity index (χ1n) is 7.86. The highest BCUT2D eigenvalue weighted by molar-refractivity contribution is 5.86. The Morgan fingerprint density at radius 3 is 2.36 bits per heavy atom. The minimum Gasteiger partial charge on any atom is -0.484 e. The maximum atomic E-state index is 12.7. The number of ether oxygens (including phenoxy) is 2. The number of nitrogens with one attached hydrogen (secondary N) is 2. The van der Waals surface area contributed by atoms with E-state index in [0.717, 1.165) is 0 Å². The first-order chi connectivity index (χ1) is 12.0. The lowest BCUT2D eigenvalue weighted by Gasteiger charge is -2.26. The van der Waals surface area contributed by atoms with Gasteiger partial charge in [-0.2, -0.15) is 0 Å². The van der Waals surface area contributed by atoms with Crippen LogP contribution in [-0.2, 0) is 19.1 Å². The summed E-state index contributed by atoms with van der Waals surface area (Å²) in [6.07, 6.45) is 0.0308. The molecule has 0 aliphatic carbocycles. The summed E-state index contributed by atoms with van der Waals surface area (Å²) in [6.45, 7) is 1.72. The Bertz CT molecular complexity index is 602. The summed E-state index contributed by atoms with van der Waals surface area (Å²) in [5.41, 5.74) is 4.40. The molecule has 1 aromatic carbocycles. The fraction of sp³-hybridized carbons (Fsp3) is 0.438. The number of hydrogen-bond acceptors (Lipinski definition) is 5. The number of nitrogens with zero attached hydrogens (tertiary/aromatic N) is 1. The zero-order chi connectivity index (χ0) is 18.1. The van der Waals surface area contributed by atoms with Gasteiger partial charge in [0.2, 0.25) is 11.8 Å². The lowest BCUT2D eigenvalue weighted by atomic mass is 10.2. The summed E-state index contributed by atoms with van der Waals surface area (Å²) in [6, 6.07) is 5.19. The third-order valence-electron chi connectivity index (χ3n) is 3.45. The third kappa shape index (κ3) is 6.76. The smallest absolute Gasteiger partial charge is 0.276 e. The van der Waals surface area contributed by atoms with Crippen LogP contribution in [0.15, 0.2) is 24.3 Å². The van der Waals surface area contributed by atoms with Gasteiger partial charge >= 0.3 is 0 Å². The van der Waals surface area contributed by atoms with Gasteiger partial charge in [-0.25, -0.2) is 4.39 Å². The zero-order valence-corrected chi connectivity index (χ0v) is 13.6. The van der Waals surface area contributed by atoms with Gasteiger partial charge < -0.3 is 14.4 Å². The molecule has 2 rings (SSSR count). The number of amides is 3. The largest absolute Gasteiger partial charge is 0.484 e. The van der Waals surface area contributed by atoms with Gasteiger partial charge in [0.25, 0.3) is 5.91 Å². The third-order valence-corrected chi connectivity index (χ3v) is 3.45. The highest BCUT2D eigenvalue weighted by Crippen LogP contribution is 2.10. The highest BCUT2D eigenvalue weighted by atomic mass is 19.1. The summed E-state index contributed by atoms with van der Waals surface area (Å²) < 4.78 is 23.0. The number of hydrogen-bond donors (Lipinski definition) is 2. The standard InChI is InChI=1S/C16H20FN3O5/c17-12-1-3-13(4-2-12)25-11-15(22)19-18-14(21)5-6-16(23)20-7-9-24-10-8-20/h1-4H,5-11H2,(H,18,21)(H,19,22). The predicted octanol–water partition coefficient (Wildman–Crippen LogP) is -0.00910. The molecule has 1 aromatic rings. The van der Waals surface area contributed by atoms with Gasteiger partial charge in [0.1, 0.15) is 11.6 Å².